The van der Waals surface area contributed by atoms with Crippen molar-refractivity contribution in [2.24, 2.45) is 0 Å². The Bertz CT molecular complexity index is 932. The maximum atomic E-state index is 12.9. The Hall–Kier alpha value is -2.48. The van der Waals surface area contributed by atoms with Gasteiger partial charge in [-0.25, -0.2) is 9.59 Å². The zero-order valence-corrected chi connectivity index (χ0v) is 19.1. The number of ether oxygens (including phenoxy) is 1. The van der Waals surface area contributed by atoms with Crippen LogP contribution in [0.15, 0.2) is 23.0 Å². The maximum Gasteiger partial charge on any atom is 0.410 e. The molecule has 0 saturated carbocycles. The molecule has 0 spiro atoms. The van der Waals surface area contributed by atoms with Crippen molar-refractivity contribution in [2.45, 2.75) is 45.3 Å². The Kier molecular flexibility index (Phi) is 6.45. The number of likely N-dealkylation sites (N-methyl/N-ethyl adjacent to an activating group) is 2. The van der Waals surface area contributed by atoms with Crippen molar-refractivity contribution in [1.82, 2.24) is 19.4 Å². The lowest BCUT2D eigenvalue weighted by Crippen LogP contribution is -2.43. The van der Waals surface area contributed by atoms with E-state index in [0.29, 0.717) is 13.1 Å². The Balaban J connectivity index is 1.78. The average Bonchev–Trinajstić information content (AvgIpc) is 3.00. The first-order chi connectivity index (χ1) is 14.1. The van der Waals surface area contributed by atoms with Gasteiger partial charge in [0.2, 0.25) is 0 Å². The van der Waals surface area contributed by atoms with Gasteiger partial charge >= 0.3 is 11.8 Å². The third kappa shape index (κ3) is 4.98. The van der Waals surface area contributed by atoms with Gasteiger partial charge in [-0.3, -0.25) is 4.57 Å². The van der Waals surface area contributed by atoms with Gasteiger partial charge < -0.3 is 24.4 Å². The molecule has 1 saturated heterocycles. The highest BCUT2D eigenvalue weighted by atomic mass is 16.6. The lowest BCUT2D eigenvalue weighted by atomic mass is 10.0. The first-order valence-corrected chi connectivity index (χ1v) is 10.6. The molecule has 1 N–H and O–H groups in total. The van der Waals surface area contributed by atoms with Crippen molar-refractivity contribution in [3.8, 4) is 0 Å². The van der Waals surface area contributed by atoms with E-state index >= 15 is 0 Å². The van der Waals surface area contributed by atoms with Gasteiger partial charge in [0.15, 0.2) is 0 Å². The highest BCUT2D eigenvalue weighted by molar-refractivity contribution is 5.89. The molecule has 1 amide bonds. The van der Waals surface area contributed by atoms with Crippen LogP contribution in [0.2, 0.25) is 0 Å². The highest BCUT2D eigenvalue weighted by Gasteiger charge is 2.29. The fourth-order valence-electron chi connectivity index (χ4n) is 3.92. The molecule has 0 bridgehead atoms. The number of aromatic nitrogens is 2. The summed E-state index contributed by atoms with van der Waals surface area (Å²) in [5.41, 5.74) is 2.23. The number of anilines is 1. The van der Waals surface area contributed by atoms with E-state index in [1.807, 2.05) is 50.6 Å². The first-order valence-electron chi connectivity index (χ1n) is 10.6. The Morgan fingerprint density at radius 3 is 2.43 bits per heavy atom. The van der Waals surface area contributed by atoms with Crippen LogP contribution in [0.1, 0.15) is 39.7 Å². The van der Waals surface area contributed by atoms with Crippen LogP contribution in [-0.4, -0.2) is 78.4 Å². The fraction of sp³-hybridized carbons (Fsp3) is 0.636. The zero-order chi connectivity index (χ0) is 22.1. The normalized spacial score (nSPS) is 15.8. The summed E-state index contributed by atoms with van der Waals surface area (Å²) >= 11 is 0. The molecule has 166 valence electrons. The van der Waals surface area contributed by atoms with Crippen LogP contribution in [0, 0.1) is 0 Å². The quantitative estimate of drug-likeness (QED) is 0.810. The number of hydrogen-bond acceptors (Lipinski definition) is 5. The summed E-state index contributed by atoms with van der Waals surface area (Å²) in [5.74, 6) is 0. The zero-order valence-electron chi connectivity index (χ0n) is 19.1. The molecule has 8 nitrogen and oxygen atoms in total. The molecule has 8 heteroatoms. The standard InChI is InChI=1S/C22H35N5O3/c1-22(2,3)30-21(29)26-12-10-16(11-13-26)27-18-9-7-8-17(19(18)23-20(27)28)25(6)15-14-24(4)5/h7-9,16H,10-15H2,1-6H3,(H,23,28). The van der Waals surface area contributed by atoms with E-state index in [1.54, 1.807) is 4.90 Å². The SMILES string of the molecule is CN(C)CCN(C)c1cccc2c1[nH]c(=O)n2C1CCN(C(=O)OC(C)(C)C)CC1. The number of benzene rings is 1. The summed E-state index contributed by atoms with van der Waals surface area (Å²) in [6.07, 6.45) is 1.18. The van der Waals surface area contributed by atoms with Crippen molar-refractivity contribution in [3.63, 3.8) is 0 Å². The van der Waals surface area contributed by atoms with Gasteiger partial charge in [0, 0.05) is 39.3 Å². The summed E-state index contributed by atoms with van der Waals surface area (Å²) in [7, 11) is 6.15. The minimum absolute atomic E-state index is 0.0623. The third-order valence-corrected chi connectivity index (χ3v) is 5.51. The van der Waals surface area contributed by atoms with Crippen LogP contribution in [0.4, 0.5) is 10.5 Å². The molecule has 1 aliphatic rings. The first kappa shape index (κ1) is 22.2. The number of carbonyl (C=O) groups excluding carboxylic acids is 1. The van der Waals surface area contributed by atoms with Crippen molar-refractivity contribution >= 4 is 22.8 Å². The van der Waals surface area contributed by atoms with Crippen molar-refractivity contribution in [3.05, 3.63) is 28.7 Å². The molecule has 3 rings (SSSR count). The Morgan fingerprint density at radius 1 is 1.17 bits per heavy atom. The number of aromatic amines is 1. The number of piperidine rings is 1. The molecule has 1 fully saturated rings. The Morgan fingerprint density at radius 2 is 1.83 bits per heavy atom. The summed E-state index contributed by atoms with van der Waals surface area (Å²) in [5, 5.41) is 0. The Labute approximate surface area is 178 Å². The minimum atomic E-state index is -0.503. The second-order valence-corrected chi connectivity index (χ2v) is 9.39. The number of H-pyrrole nitrogens is 1. The lowest BCUT2D eigenvalue weighted by Gasteiger charge is -2.33. The number of imidazole rings is 1. The molecule has 1 aromatic carbocycles. The number of hydrogen-bond donors (Lipinski definition) is 1. The van der Waals surface area contributed by atoms with Crippen LogP contribution in [0.25, 0.3) is 11.0 Å². The van der Waals surface area contributed by atoms with Crippen molar-refractivity contribution < 1.29 is 9.53 Å². The minimum Gasteiger partial charge on any atom is -0.444 e. The number of nitrogens with one attached hydrogen (secondary N) is 1. The predicted octanol–water partition coefficient (Wildman–Crippen LogP) is 2.90. The van der Waals surface area contributed by atoms with Crippen LogP contribution in [0.3, 0.4) is 0 Å². The van der Waals surface area contributed by atoms with Crippen LogP contribution in [0.5, 0.6) is 0 Å². The van der Waals surface area contributed by atoms with Crippen molar-refractivity contribution in [1.29, 1.82) is 0 Å². The van der Waals surface area contributed by atoms with E-state index in [-0.39, 0.29) is 17.8 Å². The number of likely N-dealkylation sites (tertiary alicyclic amines) is 1. The van der Waals surface area contributed by atoms with Crippen LogP contribution >= 0.6 is 0 Å². The predicted molar refractivity (Wildman–Crippen MR) is 120 cm³/mol. The second kappa shape index (κ2) is 8.71. The summed E-state index contributed by atoms with van der Waals surface area (Å²) < 4.78 is 7.35. The van der Waals surface area contributed by atoms with E-state index in [2.05, 4.69) is 28.9 Å². The molecule has 0 unspecified atom stereocenters. The van der Waals surface area contributed by atoms with Gasteiger partial charge in [0.05, 0.1) is 16.7 Å². The number of para-hydroxylation sites is 1. The third-order valence-electron chi connectivity index (χ3n) is 5.51. The van der Waals surface area contributed by atoms with E-state index in [1.165, 1.54) is 0 Å². The molecular formula is C22H35N5O3. The second-order valence-electron chi connectivity index (χ2n) is 9.39. The maximum absolute atomic E-state index is 12.9. The molecule has 2 aromatic rings. The number of carbonyl (C=O) groups is 1. The monoisotopic (exact) mass is 417 g/mol. The molecular weight excluding hydrogens is 382 g/mol. The van der Waals surface area contributed by atoms with Gasteiger partial charge in [-0.2, -0.15) is 0 Å². The average molecular weight is 418 g/mol. The topological polar surface area (TPSA) is 73.8 Å². The smallest absolute Gasteiger partial charge is 0.410 e. The lowest BCUT2D eigenvalue weighted by molar-refractivity contribution is 0.0189. The van der Waals surface area contributed by atoms with E-state index in [0.717, 1.165) is 42.7 Å². The molecule has 30 heavy (non-hydrogen) atoms. The molecule has 1 aromatic heterocycles. The van der Waals surface area contributed by atoms with Crippen molar-refractivity contribution in [2.75, 3.05) is 52.2 Å². The van der Waals surface area contributed by atoms with Gasteiger partial charge in [-0.05, 0) is 59.8 Å². The molecule has 2 heterocycles. The number of nitrogens with zero attached hydrogens (tertiary/aromatic N) is 4. The largest absolute Gasteiger partial charge is 0.444 e. The van der Waals surface area contributed by atoms with Crippen LogP contribution < -0.4 is 10.6 Å². The van der Waals surface area contributed by atoms with Crippen LogP contribution in [-0.2, 0) is 4.74 Å². The fourth-order valence-corrected chi connectivity index (χ4v) is 3.92. The molecule has 1 aliphatic heterocycles. The van der Waals surface area contributed by atoms with Gasteiger partial charge in [-0.1, -0.05) is 6.07 Å². The molecule has 0 aliphatic carbocycles. The van der Waals surface area contributed by atoms with E-state index in [4.69, 9.17) is 4.74 Å². The summed E-state index contributed by atoms with van der Waals surface area (Å²) in [4.78, 5) is 34.3. The number of rotatable bonds is 5. The van der Waals surface area contributed by atoms with E-state index in [9.17, 15) is 9.59 Å². The van der Waals surface area contributed by atoms with Gasteiger partial charge in [0.25, 0.3) is 0 Å². The summed E-state index contributed by atoms with van der Waals surface area (Å²) in [6, 6.07) is 6.11. The van der Waals surface area contributed by atoms with Gasteiger partial charge in [-0.15, -0.1) is 0 Å². The number of amides is 1. The van der Waals surface area contributed by atoms with E-state index < -0.39 is 5.60 Å². The number of fused-ring (bicyclic) bond motifs is 1. The summed E-state index contributed by atoms with van der Waals surface area (Å²) in [6.45, 7) is 8.58. The highest BCUT2D eigenvalue weighted by Crippen LogP contribution is 2.29. The van der Waals surface area contributed by atoms with Gasteiger partial charge in [0.1, 0.15) is 5.60 Å². The molecule has 0 atom stereocenters. The molecule has 0 radical (unpaired) electrons.